The van der Waals surface area contributed by atoms with E-state index in [0.29, 0.717) is 0 Å². The minimum absolute atomic E-state index is 0.198. The zero-order chi connectivity index (χ0) is 17.5. The van der Waals surface area contributed by atoms with Crippen LogP contribution in [0.5, 0.6) is 0 Å². The highest BCUT2D eigenvalue weighted by Gasteiger charge is 2.49. The van der Waals surface area contributed by atoms with E-state index >= 15 is 0 Å². The fraction of sp³-hybridized carbons (Fsp3) is 0.364. The largest absolute Gasteiger partial charge is 0.424 e. The standard InChI is InChI=1S/C22H28OSi/c1-4-5-6-7-14-19-22(2,3)24(23,20-15-10-8-11-16-20)21-17-12-9-13-18-21/h8-13,15-18,23H,4-5,14,19H2,1-3H3. The average Bonchev–Trinajstić information content (AvgIpc) is 2.62. The van der Waals surface area contributed by atoms with Crippen LogP contribution in [0, 0.1) is 11.8 Å². The van der Waals surface area contributed by atoms with Gasteiger partial charge in [-0.25, -0.2) is 0 Å². The summed E-state index contributed by atoms with van der Waals surface area (Å²) in [5, 5.41) is 1.95. The van der Waals surface area contributed by atoms with Crippen molar-refractivity contribution < 1.29 is 4.80 Å². The Bertz CT molecular complexity index is 641. The van der Waals surface area contributed by atoms with Crippen molar-refractivity contribution in [3.63, 3.8) is 0 Å². The van der Waals surface area contributed by atoms with Gasteiger partial charge in [0.1, 0.15) is 0 Å². The third-order valence-electron chi connectivity index (χ3n) is 4.74. The molecule has 0 spiro atoms. The molecule has 0 radical (unpaired) electrons. The van der Waals surface area contributed by atoms with Gasteiger partial charge in [-0.2, -0.15) is 0 Å². The van der Waals surface area contributed by atoms with Crippen LogP contribution in [0.1, 0.15) is 46.5 Å². The van der Waals surface area contributed by atoms with Crippen molar-refractivity contribution in [2.75, 3.05) is 0 Å². The van der Waals surface area contributed by atoms with Crippen molar-refractivity contribution in [3.05, 3.63) is 60.7 Å². The molecule has 0 fully saturated rings. The SMILES string of the molecule is CCCC#CCCC(C)(C)[Si](O)(c1ccccc1)c1ccccc1. The van der Waals surface area contributed by atoms with Crippen molar-refractivity contribution >= 4 is 18.7 Å². The molecule has 0 saturated carbocycles. The van der Waals surface area contributed by atoms with Crippen LogP contribution in [-0.2, 0) is 0 Å². The third kappa shape index (κ3) is 3.98. The van der Waals surface area contributed by atoms with Gasteiger partial charge >= 0.3 is 0 Å². The summed E-state index contributed by atoms with van der Waals surface area (Å²) in [5.74, 6) is 6.50. The molecule has 0 aromatic heterocycles. The molecule has 0 unspecified atom stereocenters. The second-order valence-electron chi connectivity index (χ2n) is 6.93. The van der Waals surface area contributed by atoms with Crippen LogP contribution in [0.3, 0.4) is 0 Å². The molecule has 2 aromatic rings. The molecule has 24 heavy (non-hydrogen) atoms. The zero-order valence-corrected chi connectivity index (χ0v) is 16.0. The molecular formula is C22H28OSi. The van der Waals surface area contributed by atoms with Crippen molar-refractivity contribution in [1.82, 2.24) is 0 Å². The molecule has 0 bridgehead atoms. The fourth-order valence-electron chi connectivity index (χ4n) is 3.16. The predicted molar refractivity (Wildman–Crippen MR) is 106 cm³/mol. The lowest BCUT2D eigenvalue weighted by Crippen LogP contribution is -2.65. The van der Waals surface area contributed by atoms with E-state index in [-0.39, 0.29) is 5.04 Å². The van der Waals surface area contributed by atoms with Crippen LogP contribution in [0.4, 0.5) is 0 Å². The Morgan fingerprint density at radius 1 is 0.833 bits per heavy atom. The first-order chi connectivity index (χ1) is 11.5. The molecule has 2 heteroatoms. The van der Waals surface area contributed by atoms with E-state index in [9.17, 15) is 4.80 Å². The smallest absolute Gasteiger partial charge is 0.258 e. The van der Waals surface area contributed by atoms with E-state index in [1.807, 2.05) is 36.4 Å². The summed E-state index contributed by atoms with van der Waals surface area (Å²) in [7, 11) is -2.87. The van der Waals surface area contributed by atoms with E-state index in [4.69, 9.17) is 0 Å². The van der Waals surface area contributed by atoms with Crippen molar-refractivity contribution in [3.8, 4) is 11.8 Å². The van der Waals surface area contributed by atoms with E-state index < -0.39 is 8.32 Å². The summed E-state index contributed by atoms with van der Waals surface area (Å²) in [4.78, 5) is 12.0. The maximum absolute atomic E-state index is 12.0. The summed E-state index contributed by atoms with van der Waals surface area (Å²) in [6.07, 6.45) is 3.79. The highest BCUT2D eigenvalue weighted by atomic mass is 28.4. The van der Waals surface area contributed by atoms with Gasteiger partial charge in [-0.3, -0.25) is 0 Å². The van der Waals surface area contributed by atoms with E-state index in [0.717, 1.165) is 36.1 Å². The molecule has 1 N–H and O–H groups in total. The number of unbranched alkanes of at least 4 members (excludes halogenated alkanes) is 1. The Balaban J connectivity index is 2.38. The van der Waals surface area contributed by atoms with Gasteiger partial charge in [0.15, 0.2) is 0 Å². The van der Waals surface area contributed by atoms with Crippen LogP contribution in [0.25, 0.3) is 0 Å². The molecular weight excluding hydrogens is 308 g/mol. The highest BCUT2D eigenvalue weighted by molar-refractivity contribution is 6.98. The molecule has 0 saturated heterocycles. The maximum Gasteiger partial charge on any atom is 0.258 e. The van der Waals surface area contributed by atoms with Crippen molar-refractivity contribution in [2.45, 2.75) is 51.5 Å². The van der Waals surface area contributed by atoms with Crippen LogP contribution < -0.4 is 10.4 Å². The van der Waals surface area contributed by atoms with Gasteiger partial charge in [-0.15, -0.1) is 11.8 Å². The summed E-state index contributed by atoms with van der Waals surface area (Å²) < 4.78 is 0. The topological polar surface area (TPSA) is 20.2 Å². The lowest BCUT2D eigenvalue weighted by molar-refractivity contribution is 0.470. The first-order valence-corrected chi connectivity index (χ1v) is 10.8. The molecule has 0 amide bonds. The first-order valence-electron chi connectivity index (χ1n) is 8.81. The second kappa shape index (κ2) is 8.33. The van der Waals surface area contributed by atoms with Crippen LogP contribution in [-0.4, -0.2) is 13.1 Å². The quantitative estimate of drug-likeness (QED) is 0.622. The highest BCUT2D eigenvalue weighted by Crippen LogP contribution is 2.39. The van der Waals surface area contributed by atoms with Gasteiger partial charge in [0.25, 0.3) is 8.32 Å². The van der Waals surface area contributed by atoms with E-state index in [1.165, 1.54) is 0 Å². The van der Waals surface area contributed by atoms with Crippen molar-refractivity contribution in [1.29, 1.82) is 0 Å². The van der Waals surface area contributed by atoms with Crippen LogP contribution in [0.2, 0.25) is 5.04 Å². The van der Waals surface area contributed by atoms with Gasteiger partial charge in [0.2, 0.25) is 0 Å². The normalized spacial score (nSPS) is 11.7. The molecule has 1 nitrogen and oxygen atoms in total. The van der Waals surface area contributed by atoms with E-state index in [2.05, 4.69) is 56.9 Å². The maximum atomic E-state index is 12.0. The Morgan fingerprint density at radius 2 is 1.29 bits per heavy atom. The molecule has 0 aliphatic rings. The van der Waals surface area contributed by atoms with Crippen molar-refractivity contribution in [2.24, 2.45) is 0 Å². The van der Waals surface area contributed by atoms with Gasteiger partial charge < -0.3 is 4.80 Å². The van der Waals surface area contributed by atoms with E-state index in [1.54, 1.807) is 0 Å². The second-order valence-corrected chi connectivity index (χ2v) is 10.9. The third-order valence-corrected chi connectivity index (χ3v) is 9.28. The Morgan fingerprint density at radius 3 is 1.75 bits per heavy atom. The Hall–Kier alpha value is -1.82. The van der Waals surface area contributed by atoms with Crippen LogP contribution in [0.15, 0.2) is 60.7 Å². The van der Waals surface area contributed by atoms with Gasteiger partial charge in [-0.05, 0) is 28.3 Å². The summed E-state index contributed by atoms with van der Waals surface area (Å²) in [6.45, 7) is 6.54. The van der Waals surface area contributed by atoms with Gasteiger partial charge in [0.05, 0.1) is 0 Å². The lowest BCUT2D eigenvalue weighted by atomic mass is 10.1. The summed E-state index contributed by atoms with van der Waals surface area (Å²) in [5.41, 5.74) is 0. The molecule has 2 rings (SSSR count). The number of hydrogen-bond donors (Lipinski definition) is 1. The molecule has 0 atom stereocenters. The number of hydrogen-bond acceptors (Lipinski definition) is 1. The minimum Gasteiger partial charge on any atom is -0.424 e. The Kier molecular flexibility index (Phi) is 6.42. The summed E-state index contributed by atoms with van der Waals surface area (Å²) >= 11 is 0. The van der Waals surface area contributed by atoms with Crippen LogP contribution >= 0.6 is 0 Å². The zero-order valence-electron chi connectivity index (χ0n) is 15.0. The Labute approximate surface area is 147 Å². The van der Waals surface area contributed by atoms with Gasteiger partial charge in [0, 0.05) is 12.8 Å². The lowest BCUT2D eigenvalue weighted by Gasteiger charge is -2.41. The minimum atomic E-state index is -2.87. The molecule has 0 aliphatic carbocycles. The molecule has 126 valence electrons. The first kappa shape index (κ1) is 18.5. The number of rotatable bonds is 6. The average molecular weight is 337 g/mol. The fourth-order valence-corrected chi connectivity index (χ4v) is 6.90. The monoisotopic (exact) mass is 336 g/mol. The molecule has 0 heterocycles. The predicted octanol–water partition coefficient (Wildman–Crippen LogP) is 4.10. The van der Waals surface area contributed by atoms with Gasteiger partial charge in [-0.1, -0.05) is 81.4 Å². The summed E-state index contributed by atoms with van der Waals surface area (Å²) in [6, 6.07) is 20.4. The molecule has 0 aliphatic heterocycles. The molecule has 2 aromatic carbocycles. The number of benzene rings is 2.